The predicted molar refractivity (Wildman–Crippen MR) is 75.8 cm³/mol. The minimum Gasteiger partial charge on any atom is -0.507 e. The van der Waals surface area contributed by atoms with E-state index in [1.165, 1.54) is 38.6 Å². The summed E-state index contributed by atoms with van der Waals surface area (Å²) in [4.78, 5) is 2.56. The molecular weight excluding hydrogens is 222 g/mol. The number of phenols is 1. The van der Waals surface area contributed by atoms with Crippen LogP contribution in [0.1, 0.15) is 50.2 Å². The summed E-state index contributed by atoms with van der Waals surface area (Å²) in [6.07, 6.45) is 6.52. The maximum atomic E-state index is 10.1. The smallest absolute Gasteiger partial charge is 0.122 e. The lowest BCUT2D eigenvalue weighted by molar-refractivity contribution is 0.130. The minimum atomic E-state index is 0.485. The molecule has 1 aliphatic heterocycles. The van der Waals surface area contributed by atoms with Gasteiger partial charge < -0.3 is 5.11 Å². The second-order valence-corrected chi connectivity index (χ2v) is 5.49. The molecule has 1 aromatic rings. The first kappa shape index (κ1) is 13.4. The lowest BCUT2D eigenvalue weighted by Gasteiger charge is -2.36. The summed E-state index contributed by atoms with van der Waals surface area (Å²) in [5.74, 6) is 0.485. The average molecular weight is 247 g/mol. The Balaban J connectivity index is 2.08. The SMILES string of the molecule is CCCC1CCCCN1Cc1cccc(C)c1O. The fraction of sp³-hybridized carbons (Fsp3) is 0.625. The Morgan fingerprint density at radius 2 is 2.17 bits per heavy atom. The van der Waals surface area contributed by atoms with Gasteiger partial charge >= 0.3 is 0 Å². The van der Waals surface area contributed by atoms with E-state index < -0.39 is 0 Å². The van der Waals surface area contributed by atoms with Gasteiger partial charge in [0.25, 0.3) is 0 Å². The normalized spacial score (nSPS) is 21.1. The Labute approximate surface area is 111 Å². The number of benzene rings is 1. The van der Waals surface area contributed by atoms with Crippen LogP contribution in [-0.2, 0) is 6.54 Å². The summed E-state index contributed by atoms with van der Waals surface area (Å²) in [5, 5.41) is 10.1. The molecule has 1 saturated heterocycles. The van der Waals surface area contributed by atoms with Gasteiger partial charge in [-0.3, -0.25) is 4.90 Å². The molecule has 2 nitrogen and oxygen atoms in total. The summed E-state index contributed by atoms with van der Waals surface area (Å²) in [5.41, 5.74) is 2.06. The van der Waals surface area contributed by atoms with Gasteiger partial charge in [-0.25, -0.2) is 0 Å². The molecular formula is C16H25NO. The van der Waals surface area contributed by atoms with Crippen molar-refractivity contribution in [2.45, 2.75) is 58.5 Å². The number of piperidine rings is 1. The minimum absolute atomic E-state index is 0.485. The molecule has 1 aromatic carbocycles. The van der Waals surface area contributed by atoms with E-state index in [0.717, 1.165) is 17.7 Å². The zero-order valence-electron chi connectivity index (χ0n) is 11.7. The molecule has 0 spiro atoms. The number of para-hydroxylation sites is 1. The Morgan fingerprint density at radius 3 is 2.94 bits per heavy atom. The zero-order chi connectivity index (χ0) is 13.0. The molecule has 0 aromatic heterocycles. The third-order valence-corrected chi connectivity index (χ3v) is 4.07. The van der Waals surface area contributed by atoms with Crippen molar-refractivity contribution >= 4 is 0 Å². The molecule has 1 aliphatic rings. The Bertz CT molecular complexity index is 387. The Hall–Kier alpha value is -1.02. The molecule has 2 rings (SSSR count). The number of rotatable bonds is 4. The Kier molecular flexibility index (Phi) is 4.65. The first-order valence-corrected chi connectivity index (χ1v) is 7.24. The van der Waals surface area contributed by atoms with E-state index in [2.05, 4.69) is 17.9 Å². The average Bonchev–Trinajstić information content (AvgIpc) is 2.37. The quantitative estimate of drug-likeness (QED) is 0.873. The largest absolute Gasteiger partial charge is 0.507 e. The summed E-state index contributed by atoms with van der Waals surface area (Å²) in [7, 11) is 0. The molecule has 1 atom stereocenters. The monoisotopic (exact) mass is 247 g/mol. The molecule has 18 heavy (non-hydrogen) atoms. The van der Waals surface area contributed by atoms with Crippen LogP contribution in [0, 0.1) is 6.92 Å². The first-order chi connectivity index (χ1) is 8.72. The molecule has 0 radical (unpaired) electrons. The topological polar surface area (TPSA) is 23.5 Å². The van der Waals surface area contributed by atoms with Gasteiger partial charge in [0.05, 0.1) is 0 Å². The second kappa shape index (κ2) is 6.24. The van der Waals surface area contributed by atoms with Crippen LogP contribution < -0.4 is 0 Å². The Morgan fingerprint density at radius 1 is 1.33 bits per heavy atom. The fourth-order valence-corrected chi connectivity index (χ4v) is 2.99. The molecule has 1 unspecified atom stereocenters. The number of hydrogen-bond donors (Lipinski definition) is 1. The van der Waals surface area contributed by atoms with Crippen molar-refractivity contribution in [1.82, 2.24) is 4.90 Å². The van der Waals surface area contributed by atoms with Crippen LogP contribution in [0.5, 0.6) is 5.75 Å². The first-order valence-electron chi connectivity index (χ1n) is 7.24. The van der Waals surface area contributed by atoms with Gasteiger partial charge in [0.1, 0.15) is 5.75 Å². The summed E-state index contributed by atoms with van der Waals surface area (Å²) in [6, 6.07) is 6.78. The zero-order valence-corrected chi connectivity index (χ0v) is 11.7. The van der Waals surface area contributed by atoms with Crippen molar-refractivity contribution in [2.24, 2.45) is 0 Å². The van der Waals surface area contributed by atoms with Crippen LogP contribution in [0.4, 0.5) is 0 Å². The molecule has 0 amide bonds. The van der Waals surface area contributed by atoms with Crippen molar-refractivity contribution in [3.05, 3.63) is 29.3 Å². The van der Waals surface area contributed by atoms with Gasteiger partial charge in [0.15, 0.2) is 0 Å². The highest BCUT2D eigenvalue weighted by Crippen LogP contribution is 2.27. The van der Waals surface area contributed by atoms with Crippen LogP contribution in [0.2, 0.25) is 0 Å². The summed E-state index contributed by atoms with van der Waals surface area (Å²) < 4.78 is 0. The predicted octanol–water partition coefficient (Wildman–Crippen LogP) is 3.86. The standard InChI is InChI=1S/C16H25NO/c1-3-7-15-10-4-5-11-17(15)12-14-9-6-8-13(2)16(14)18/h6,8-9,15,18H,3-5,7,10-12H2,1-2H3. The van der Waals surface area contributed by atoms with Gasteiger partial charge in [-0.15, -0.1) is 0 Å². The molecule has 0 saturated carbocycles. The van der Waals surface area contributed by atoms with Crippen molar-refractivity contribution in [3.8, 4) is 5.75 Å². The van der Waals surface area contributed by atoms with Gasteiger partial charge in [-0.05, 0) is 38.3 Å². The molecule has 1 fully saturated rings. The lowest BCUT2D eigenvalue weighted by Crippen LogP contribution is -2.38. The van der Waals surface area contributed by atoms with Crippen LogP contribution in [0.15, 0.2) is 18.2 Å². The van der Waals surface area contributed by atoms with Gasteiger partial charge in [-0.2, -0.15) is 0 Å². The molecule has 2 heteroatoms. The lowest BCUT2D eigenvalue weighted by atomic mass is 9.97. The van der Waals surface area contributed by atoms with Crippen LogP contribution in [0.25, 0.3) is 0 Å². The van der Waals surface area contributed by atoms with E-state index >= 15 is 0 Å². The van der Waals surface area contributed by atoms with Crippen LogP contribution in [-0.4, -0.2) is 22.6 Å². The van der Waals surface area contributed by atoms with E-state index in [4.69, 9.17) is 0 Å². The second-order valence-electron chi connectivity index (χ2n) is 5.49. The third kappa shape index (κ3) is 3.05. The number of hydrogen-bond acceptors (Lipinski definition) is 2. The van der Waals surface area contributed by atoms with Crippen molar-refractivity contribution in [1.29, 1.82) is 0 Å². The van der Waals surface area contributed by atoms with Gasteiger partial charge in [0, 0.05) is 18.2 Å². The van der Waals surface area contributed by atoms with E-state index in [0.29, 0.717) is 11.8 Å². The maximum absolute atomic E-state index is 10.1. The van der Waals surface area contributed by atoms with Gasteiger partial charge in [0.2, 0.25) is 0 Å². The number of phenolic OH excluding ortho intramolecular Hbond substituents is 1. The van der Waals surface area contributed by atoms with Crippen molar-refractivity contribution < 1.29 is 5.11 Å². The highest BCUT2D eigenvalue weighted by molar-refractivity contribution is 5.39. The number of nitrogens with zero attached hydrogens (tertiary/aromatic N) is 1. The highest BCUT2D eigenvalue weighted by Gasteiger charge is 2.22. The summed E-state index contributed by atoms with van der Waals surface area (Å²) in [6.45, 7) is 6.31. The van der Waals surface area contributed by atoms with E-state index in [-0.39, 0.29) is 0 Å². The van der Waals surface area contributed by atoms with Crippen molar-refractivity contribution in [2.75, 3.05) is 6.54 Å². The number of aryl methyl sites for hydroxylation is 1. The molecule has 0 bridgehead atoms. The molecule has 100 valence electrons. The third-order valence-electron chi connectivity index (χ3n) is 4.07. The van der Waals surface area contributed by atoms with Crippen molar-refractivity contribution in [3.63, 3.8) is 0 Å². The van der Waals surface area contributed by atoms with E-state index in [1.807, 2.05) is 19.1 Å². The molecule has 0 aliphatic carbocycles. The maximum Gasteiger partial charge on any atom is 0.122 e. The fourth-order valence-electron chi connectivity index (χ4n) is 2.99. The highest BCUT2D eigenvalue weighted by atomic mass is 16.3. The van der Waals surface area contributed by atoms with E-state index in [9.17, 15) is 5.11 Å². The van der Waals surface area contributed by atoms with Crippen LogP contribution >= 0.6 is 0 Å². The molecule has 1 heterocycles. The molecule has 1 N–H and O–H groups in total. The summed E-state index contributed by atoms with van der Waals surface area (Å²) >= 11 is 0. The number of likely N-dealkylation sites (tertiary alicyclic amines) is 1. The van der Waals surface area contributed by atoms with Crippen LogP contribution in [0.3, 0.4) is 0 Å². The van der Waals surface area contributed by atoms with Gasteiger partial charge in [-0.1, -0.05) is 38.0 Å². The number of aromatic hydroxyl groups is 1. The van der Waals surface area contributed by atoms with E-state index in [1.54, 1.807) is 0 Å².